The Bertz CT molecular complexity index is 4090. The lowest BCUT2D eigenvalue weighted by atomic mass is 9.87. The van der Waals surface area contributed by atoms with Crippen LogP contribution in [0.5, 0.6) is 0 Å². The molecular formula is C89H132Cl4N8O15S. The average molecular weight is 1730 g/mol. The van der Waals surface area contributed by atoms with Gasteiger partial charge in [-0.25, -0.2) is 0 Å². The second kappa shape index (κ2) is 45.4. The van der Waals surface area contributed by atoms with Crippen molar-refractivity contribution in [3.8, 4) is 0 Å². The fraction of sp³-hybridized carbons (Fsp3) is 0.607. The molecule has 4 fully saturated rings. The highest BCUT2D eigenvalue weighted by atomic mass is 35.5. The Morgan fingerprint density at radius 1 is 0.547 bits per heavy atom. The molecule has 9 aliphatic heterocycles. The van der Waals surface area contributed by atoms with E-state index in [1.807, 2.05) is 108 Å². The maximum atomic E-state index is 11.9. The number of fused-ring (bicyclic) bond motifs is 1. The summed E-state index contributed by atoms with van der Waals surface area (Å²) in [5.41, 5.74) is 3.89. The van der Waals surface area contributed by atoms with Gasteiger partial charge in [-0.3, -0.25) is 91.0 Å². The van der Waals surface area contributed by atoms with Crippen LogP contribution in [0.3, 0.4) is 0 Å². The normalized spacial score (nSPS) is 20.7. The molecule has 11 amide bonds. The summed E-state index contributed by atoms with van der Waals surface area (Å²) in [5, 5.41) is 1.27. The van der Waals surface area contributed by atoms with Gasteiger partial charge in [-0.1, -0.05) is 181 Å². The van der Waals surface area contributed by atoms with Crippen LogP contribution in [0, 0.1) is 28.1 Å². The van der Waals surface area contributed by atoms with E-state index in [0.717, 1.165) is 62.5 Å². The largest absolute Gasteiger partial charge is 0.373 e. The molecule has 0 spiro atoms. The first-order valence-electron chi connectivity index (χ1n) is 40.0. The van der Waals surface area contributed by atoms with Crippen molar-refractivity contribution in [2.45, 2.75) is 313 Å². The lowest BCUT2D eigenvalue weighted by Crippen LogP contribution is -2.37. The number of aromatic nitrogens is 2. The number of pyridine rings is 1. The molecule has 1 aromatic carbocycles. The molecule has 0 aliphatic carbocycles. The molecule has 0 saturated carbocycles. The summed E-state index contributed by atoms with van der Waals surface area (Å²) in [6.45, 7) is 69.5. The summed E-state index contributed by atoms with van der Waals surface area (Å²) in [6.07, 6.45) is 14.9. The molecule has 9 aliphatic rings. The second-order valence-electron chi connectivity index (χ2n) is 36.1. The molecule has 28 heteroatoms. The zero-order valence-corrected chi connectivity index (χ0v) is 79.0. The molecule has 6 atom stereocenters. The van der Waals surface area contributed by atoms with E-state index in [4.69, 9.17) is 60.6 Å². The first-order valence-corrected chi connectivity index (χ1v) is 42.3. The molecule has 4 saturated heterocycles. The molecule has 0 bridgehead atoms. The van der Waals surface area contributed by atoms with Gasteiger partial charge in [-0.2, -0.15) is 0 Å². The van der Waals surface area contributed by atoms with Crippen LogP contribution in [0.15, 0.2) is 116 Å². The highest BCUT2D eigenvalue weighted by Crippen LogP contribution is 2.42. The Balaban J connectivity index is 0.000000438. The van der Waals surface area contributed by atoms with Gasteiger partial charge in [0.1, 0.15) is 15.1 Å². The van der Waals surface area contributed by atoms with E-state index >= 15 is 0 Å². The van der Waals surface area contributed by atoms with Crippen LogP contribution >= 0.6 is 57.9 Å². The third-order valence-corrected chi connectivity index (χ3v) is 21.9. The average Bonchev–Trinajstić information content (AvgIpc) is 1.16. The summed E-state index contributed by atoms with van der Waals surface area (Å²) < 4.78 is 18.8. The van der Waals surface area contributed by atoms with E-state index in [2.05, 4.69) is 122 Å². The topological polar surface area (TPSA) is 280 Å². The highest BCUT2D eigenvalue weighted by Gasteiger charge is 2.49. The van der Waals surface area contributed by atoms with Gasteiger partial charge in [-0.05, 0) is 194 Å². The van der Waals surface area contributed by atoms with Crippen molar-refractivity contribution in [1.82, 2.24) is 38.3 Å². The molecular weight excluding hydrogens is 1590 g/mol. The fourth-order valence-corrected chi connectivity index (χ4v) is 14.1. The standard InChI is InChI=1S/C11H13NOS.C10H17NO.C9H13NO2.C9H18O.C8H10ClN.C8H11NO2.C7H7Cl2NO2.C7H8ClNO2.C7H9NO2.C7H14O.C6H12O/c1-11(2,3)12-10(13)8-6-4-5-7-9(8)14-12;1-4-10(12)11-7-5-6-9(11)8(2)3;1-5(2)10-8(11)6(3)7(4)9(10)12;1-6(2)7-8(10-7)9(3,4)5;1-6(2)7-5-10-4-3-8(7)9;1-5(2)9-7(10)4-6(3)8(9)11;1-3(2)10-6(11)4(8)5(9)7(10)12;1-4(2)9-6(10)3-5(8)7(9)11;1-5(2)8-6(9)3-4-7(8)10;1-5-6(8-5)7(2,3)4;1-6(2,3)5-4-7-5/h4-7H,1-3H3;4,8-9H,1,5-7H2,2-3H3;5H,1-4H3;6-8H,1-5H3;3-6H,1-2H3;4-5H,1-3H3;3H,1-2H3;3-4H,1-2H3;3-5H,1-2H3;5-6H,1-4H3;5H,4H2,1-3H3. The van der Waals surface area contributed by atoms with Crippen molar-refractivity contribution in [2.24, 2.45) is 28.1 Å². The van der Waals surface area contributed by atoms with Crippen molar-refractivity contribution in [2.75, 3.05) is 13.2 Å². The molecule has 12 rings (SSSR count). The van der Waals surface area contributed by atoms with Crippen molar-refractivity contribution < 1.29 is 67.0 Å². The van der Waals surface area contributed by atoms with Crippen molar-refractivity contribution in [3.63, 3.8) is 0 Å². The number of carbonyl (C=O) groups excluding carboxylic acids is 11. The van der Waals surface area contributed by atoms with Crippen LogP contribution in [0.2, 0.25) is 5.02 Å². The number of imide groups is 5. The fourth-order valence-electron chi connectivity index (χ4n) is 12.2. The number of rotatable bonds is 9. The quantitative estimate of drug-likeness (QED) is 0.109. The minimum Gasteiger partial charge on any atom is -0.373 e. The first-order chi connectivity index (χ1) is 53.6. The molecule has 117 heavy (non-hydrogen) atoms. The van der Waals surface area contributed by atoms with Gasteiger partial charge in [0, 0.05) is 101 Å². The molecule has 0 radical (unpaired) electrons. The van der Waals surface area contributed by atoms with Crippen molar-refractivity contribution >= 4 is 133 Å². The van der Waals surface area contributed by atoms with Crippen molar-refractivity contribution in [3.05, 3.63) is 132 Å². The highest BCUT2D eigenvalue weighted by molar-refractivity contribution is 7.13. The maximum Gasteiger partial charge on any atom is 0.274 e. The summed E-state index contributed by atoms with van der Waals surface area (Å²) in [5.74, 6) is -1.01. The van der Waals surface area contributed by atoms with Crippen LogP contribution < -0.4 is 5.56 Å². The number of halogens is 4. The van der Waals surface area contributed by atoms with E-state index < -0.39 is 17.7 Å². The number of hydrogen-bond acceptors (Lipinski definition) is 17. The van der Waals surface area contributed by atoms with Crippen LogP contribution in [0.1, 0.15) is 246 Å². The van der Waals surface area contributed by atoms with Gasteiger partial charge in [0.2, 0.25) is 5.91 Å². The number of benzene rings is 1. The number of epoxide rings is 3. The van der Waals surface area contributed by atoms with Gasteiger partial charge >= 0.3 is 0 Å². The number of ether oxygens (including phenoxy) is 3. The van der Waals surface area contributed by atoms with E-state index in [1.54, 1.807) is 54.7 Å². The van der Waals surface area contributed by atoms with Gasteiger partial charge in [0.15, 0.2) is 0 Å². The van der Waals surface area contributed by atoms with Gasteiger partial charge in [-0.15, -0.1) is 0 Å². The molecule has 0 N–H and O–H groups in total. The second-order valence-corrected chi connectivity index (χ2v) is 38.6. The Kier molecular flexibility index (Phi) is 41.0. The number of likely N-dealkylation sites (tertiary alicyclic amines) is 1. The Hall–Kier alpha value is -7.29. The smallest absolute Gasteiger partial charge is 0.274 e. The number of carbonyl (C=O) groups is 11. The lowest BCUT2D eigenvalue weighted by Gasteiger charge is -2.26. The lowest BCUT2D eigenvalue weighted by molar-refractivity contribution is -0.141. The predicted molar refractivity (Wildman–Crippen MR) is 469 cm³/mol. The molecule has 652 valence electrons. The van der Waals surface area contributed by atoms with E-state index in [1.165, 1.54) is 50.5 Å². The Labute approximate surface area is 720 Å². The Morgan fingerprint density at radius 3 is 1.23 bits per heavy atom. The van der Waals surface area contributed by atoms with Crippen LogP contribution in [-0.2, 0) is 72.5 Å². The van der Waals surface area contributed by atoms with Crippen LogP contribution in [-0.4, -0.2) is 183 Å². The van der Waals surface area contributed by atoms with Gasteiger partial charge in [0.25, 0.3) is 64.6 Å². The minimum atomic E-state index is -0.512. The molecule has 2 aromatic heterocycles. The number of hydrogen-bond donors (Lipinski definition) is 0. The number of amides is 11. The molecule has 6 unspecified atom stereocenters. The SMILES string of the molecule is C=CC(=O)N1CCCC1C(C)C.CC(C)(C)C1CO1.CC(C)(C)n1sc2ccccc2c1=O.CC(C)C1OC1C(C)(C)C.CC(C)N1C(=O)C(Cl)=C(Cl)C1=O.CC(C)N1C(=O)C=C(Cl)C1=O.CC(C)N1C(=O)C=CC1=O.CC(C)c1cnccc1Cl.CC1=C(C)C(=O)N(C(C)C)C1=O.CC1=CC(=O)N(C(C)C)C1=O.CC1OC1C(C)(C)C. The monoisotopic (exact) mass is 1720 g/mol. The summed E-state index contributed by atoms with van der Waals surface area (Å²) in [4.78, 5) is 146. The molecule has 11 heterocycles. The zero-order valence-electron chi connectivity index (χ0n) is 75.2. The maximum absolute atomic E-state index is 11.9. The van der Waals surface area contributed by atoms with Crippen LogP contribution in [0.4, 0.5) is 0 Å². The number of nitrogens with zero attached hydrogens (tertiary/aromatic N) is 8. The minimum absolute atomic E-state index is 0.00343. The molecule has 23 nitrogen and oxygen atoms in total. The van der Waals surface area contributed by atoms with Crippen LogP contribution in [0.25, 0.3) is 10.1 Å². The van der Waals surface area contributed by atoms with Crippen molar-refractivity contribution in [1.29, 1.82) is 0 Å². The van der Waals surface area contributed by atoms with Gasteiger partial charge in [0.05, 0.1) is 52.8 Å². The van der Waals surface area contributed by atoms with E-state index in [9.17, 15) is 57.5 Å². The summed E-state index contributed by atoms with van der Waals surface area (Å²) in [6, 6.07) is 9.55. The summed E-state index contributed by atoms with van der Waals surface area (Å²) in [7, 11) is 0. The van der Waals surface area contributed by atoms with E-state index in [0.29, 0.717) is 87.3 Å². The third kappa shape index (κ3) is 31.4. The van der Waals surface area contributed by atoms with E-state index in [-0.39, 0.29) is 104 Å². The summed E-state index contributed by atoms with van der Waals surface area (Å²) >= 11 is 23.8. The third-order valence-electron chi connectivity index (χ3n) is 19.1. The first kappa shape index (κ1) is 106. The van der Waals surface area contributed by atoms with Gasteiger partial charge < -0.3 is 19.1 Å². The Morgan fingerprint density at radius 2 is 0.983 bits per heavy atom. The zero-order chi connectivity index (χ0) is 90.7. The predicted octanol–water partition coefficient (Wildman–Crippen LogP) is 17.7. The molecule has 3 aromatic rings.